The maximum absolute atomic E-state index is 12.3. The number of carbonyl (C=O) groups excluding carboxylic acids is 2. The van der Waals surface area contributed by atoms with Crippen molar-refractivity contribution in [3.63, 3.8) is 0 Å². The van der Waals surface area contributed by atoms with Crippen LogP contribution in [0.5, 0.6) is 0 Å². The summed E-state index contributed by atoms with van der Waals surface area (Å²) in [5.41, 5.74) is 0.899. The Bertz CT molecular complexity index is 656. The summed E-state index contributed by atoms with van der Waals surface area (Å²) in [7, 11) is 0. The number of nitrogens with one attached hydrogen (secondary N) is 1. The second-order valence-electron chi connectivity index (χ2n) is 8.69. The number of cyclic esters (lactones) is 1. The van der Waals surface area contributed by atoms with Crippen molar-refractivity contribution in [3.05, 3.63) is 24.3 Å². The first-order valence-corrected chi connectivity index (χ1v) is 19.3. The van der Waals surface area contributed by atoms with Crippen LogP contribution in [0.1, 0.15) is 66.2 Å². The number of nitrogens with zero attached hydrogens (tertiary/aromatic N) is 1. The van der Waals surface area contributed by atoms with Gasteiger partial charge in [0.2, 0.25) is 0 Å². The van der Waals surface area contributed by atoms with E-state index in [-0.39, 0.29) is 18.1 Å². The van der Waals surface area contributed by atoms with Gasteiger partial charge in [-0.3, -0.25) is 0 Å². The average Bonchev–Trinajstić information content (AvgIpc) is 3.13. The molecule has 2 rings (SSSR count). The number of carbonyl (C=O) groups is 2. The normalized spacial score (nSPS) is 16.6. The molecule has 1 saturated heterocycles. The molecule has 0 bridgehead atoms. The number of hydrogen-bond donors (Lipinski definition) is 1. The molecule has 1 aliphatic heterocycles. The van der Waals surface area contributed by atoms with Gasteiger partial charge in [0.25, 0.3) is 0 Å². The minimum absolute atomic E-state index is 0.107. The summed E-state index contributed by atoms with van der Waals surface area (Å²) in [4.78, 5) is 25.2. The van der Waals surface area contributed by atoms with Crippen molar-refractivity contribution in [1.82, 2.24) is 5.32 Å². The molecule has 1 aromatic carbocycles. The van der Waals surface area contributed by atoms with E-state index in [0.717, 1.165) is 5.69 Å². The third-order valence-corrected chi connectivity index (χ3v) is 21.9. The number of hydrogen-bond acceptors (Lipinski definition) is 3. The van der Waals surface area contributed by atoms with Gasteiger partial charge in [-0.15, -0.1) is 0 Å². The summed E-state index contributed by atoms with van der Waals surface area (Å²) < 4.78 is 11.4. The van der Waals surface area contributed by atoms with Gasteiger partial charge in [0.15, 0.2) is 0 Å². The summed E-state index contributed by atoms with van der Waals surface area (Å²) in [5.74, 6) is -0.107. The molecule has 1 aliphatic rings. The maximum atomic E-state index is 12.3. The van der Waals surface area contributed by atoms with E-state index in [0.29, 0.717) is 13.1 Å². The summed E-state index contributed by atoms with van der Waals surface area (Å²) in [6, 6.07) is 8.88. The van der Waals surface area contributed by atoms with Crippen molar-refractivity contribution >= 4 is 39.6 Å². The van der Waals surface area contributed by atoms with E-state index in [1.54, 1.807) is 8.48 Å². The molecule has 168 valence electrons. The van der Waals surface area contributed by atoms with Gasteiger partial charge in [-0.1, -0.05) is 0 Å². The quantitative estimate of drug-likeness (QED) is 0.362. The molecule has 0 spiro atoms. The molecule has 0 aromatic heterocycles. The number of anilines is 1. The van der Waals surface area contributed by atoms with Crippen molar-refractivity contribution in [2.45, 2.75) is 85.6 Å². The Hall–Kier alpha value is -1.24. The first kappa shape index (κ1) is 25.0. The van der Waals surface area contributed by atoms with E-state index in [1.165, 1.54) is 58.8 Å². The molecule has 0 radical (unpaired) electrons. The molecule has 1 N–H and O–H groups in total. The van der Waals surface area contributed by atoms with E-state index in [4.69, 9.17) is 4.74 Å². The van der Waals surface area contributed by atoms with Crippen LogP contribution < -0.4 is 13.8 Å². The summed E-state index contributed by atoms with van der Waals surface area (Å²) in [6.45, 7) is 9.22. The molecule has 1 atom stereocenters. The van der Waals surface area contributed by atoms with Crippen LogP contribution in [0.2, 0.25) is 13.3 Å². The predicted octanol–water partition coefficient (Wildman–Crippen LogP) is 5.20. The van der Waals surface area contributed by atoms with Gasteiger partial charge in [-0.25, -0.2) is 0 Å². The third-order valence-electron chi connectivity index (χ3n) is 6.27. The second kappa shape index (κ2) is 12.6. The van der Waals surface area contributed by atoms with Gasteiger partial charge in [-0.2, -0.15) is 0 Å². The van der Waals surface area contributed by atoms with Gasteiger partial charge in [0.1, 0.15) is 0 Å². The SMILES string of the molecule is CCC[CH2][Sn]([CH2]CCC)([CH2]CCC)[c]1ccc(N2CC(CNC(C)=O)OC2=O)cc1. The average molecular weight is 523 g/mol. The van der Waals surface area contributed by atoms with Crippen LogP contribution in [0.25, 0.3) is 0 Å². The first-order chi connectivity index (χ1) is 14.5. The first-order valence-electron chi connectivity index (χ1n) is 11.8. The van der Waals surface area contributed by atoms with E-state index < -0.39 is 18.4 Å². The van der Waals surface area contributed by atoms with Gasteiger partial charge in [0.05, 0.1) is 0 Å². The Morgan fingerprint density at radius 2 is 1.57 bits per heavy atom. The monoisotopic (exact) mass is 524 g/mol. The molecule has 2 amide bonds. The molecule has 1 fully saturated rings. The number of unbranched alkanes of at least 4 members (excludes halogenated alkanes) is 3. The molecule has 0 saturated carbocycles. The standard InChI is InChI=1S/C12H13N2O3.3C4H9.Sn/c1-9(15)13-7-11-8-14(12(16)17-11)10-5-3-2-4-6-10;3*1-3-4-2;/h3-6,11H,7-8H2,1H3,(H,13,15);3*1,3-4H2,2H3;. The summed E-state index contributed by atoms with van der Waals surface area (Å²) >= 11 is -2.44. The molecule has 1 aromatic rings. The fourth-order valence-corrected chi connectivity index (χ4v) is 20.4. The Labute approximate surface area is 186 Å². The molecule has 30 heavy (non-hydrogen) atoms. The zero-order valence-corrected chi connectivity index (χ0v) is 22.2. The van der Waals surface area contributed by atoms with Crippen LogP contribution in [0.4, 0.5) is 10.5 Å². The zero-order chi connectivity index (χ0) is 22.0. The summed E-state index contributed by atoms with van der Waals surface area (Å²) in [6.07, 6.45) is 7.21. The molecule has 5 nitrogen and oxygen atoms in total. The van der Waals surface area contributed by atoms with E-state index >= 15 is 0 Å². The van der Waals surface area contributed by atoms with Crippen molar-refractivity contribution in [2.75, 3.05) is 18.0 Å². The topological polar surface area (TPSA) is 58.6 Å². The number of amides is 2. The van der Waals surface area contributed by atoms with E-state index in [2.05, 4.69) is 50.4 Å². The van der Waals surface area contributed by atoms with Crippen molar-refractivity contribution < 1.29 is 14.3 Å². The van der Waals surface area contributed by atoms with E-state index in [1.807, 2.05) is 0 Å². The number of benzene rings is 1. The minimum atomic E-state index is -2.44. The van der Waals surface area contributed by atoms with Crippen molar-refractivity contribution in [3.8, 4) is 0 Å². The molecule has 0 aliphatic carbocycles. The number of ether oxygens (including phenoxy) is 1. The molecule has 6 heteroatoms. The molecule has 1 heterocycles. The van der Waals surface area contributed by atoms with Crippen molar-refractivity contribution in [2.24, 2.45) is 0 Å². The molecular formula is C24H40N2O3Sn. The fourth-order valence-electron chi connectivity index (χ4n) is 4.44. The van der Waals surface area contributed by atoms with Crippen LogP contribution in [0, 0.1) is 0 Å². The van der Waals surface area contributed by atoms with Crippen LogP contribution >= 0.6 is 0 Å². The van der Waals surface area contributed by atoms with Crippen LogP contribution in [0.3, 0.4) is 0 Å². The third kappa shape index (κ3) is 6.89. The Morgan fingerprint density at radius 3 is 2.03 bits per heavy atom. The van der Waals surface area contributed by atoms with Crippen molar-refractivity contribution in [1.29, 1.82) is 0 Å². The van der Waals surface area contributed by atoms with Gasteiger partial charge >= 0.3 is 187 Å². The zero-order valence-electron chi connectivity index (χ0n) is 19.3. The Morgan fingerprint density at radius 1 is 1.03 bits per heavy atom. The van der Waals surface area contributed by atoms with Gasteiger partial charge in [-0.05, 0) is 0 Å². The summed E-state index contributed by atoms with van der Waals surface area (Å²) in [5, 5.41) is 2.73. The number of rotatable bonds is 13. The second-order valence-corrected chi connectivity index (χ2v) is 21.9. The van der Waals surface area contributed by atoms with Crippen LogP contribution in [-0.2, 0) is 9.53 Å². The van der Waals surface area contributed by atoms with Crippen LogP contribution in [0.15, 0.2) is 24.3 Å². The molecule has 1 unspecified atom stereocenters. The van der Waals surface area contributed by atoms with Gasteiger partial charge in [0, 0.05) is 0 Å². The van der Waals surface area contributed by atoms with Gasteiger partial charge < -0.3 is 0 Å². The Kier molecular flexibility index (Phi) is 10.5. The van der Waals surface area contributed by atoms with Crippen LogP contribution in [-0.4, -0.2) is 49.6 Å². The Balaban J connectivity index is 2.18. The predicted molar refractivity (Wildman–Crippen MR) is 127 cm³/mol. The van der Waals surface area contributed by atoms with E-state index in [9.17, 15) is 9.59 Å². The fraction of sp³-hybridized carbons (Fsp3) is 0.667. The molecular weight excluding hydrogens is 483 g/mol.